The Balaban J connectivity index is 1.63. The summed E-state index contributed by atoms with van der Waals surface area (Å²) in [4.78, 5) is 17.7. The standard InChI is InChI=1S/C15H14N6S2/c1-9-4-3-5-11-19-10(7-21(9)11)6-16-13-12-14(18-8-17-13)20-15(22-2)23-12/h3-5,7-8H,6H2,1-2H3,(H,16,17,18). The SMILES string of the molecule is CSc1nc2ncnc(NCc3cn4c(C)cccc4n3)c2s1. The number of hydrogen-bond acceptors (Lipinski definition) is 7. The first-order valence-electron chi connectivity index (χ1n) is 7.07. The number of nitrogens with one attached hydrogen (secondary N) is 1. The first-order valence-corrected chi connectivity index (χ1v) is 9.12. The monoisotopic (exact) mass is 342 g/mol. The number of aryl methyl sites for hydroxylation is 1. The van der Waals surface area contributed by atoms with E-state index in [2.05, 4.69) is 48.8 Å². The van der Waals surface area contributed by atoms with E-state index < -0.39 is 0 Å². The van der Waals surface area contributed by atoms with Gasteiger partial charge in [-0.15, -0.1) is 11.3 Å². The van der Waals surface area contributed by atoms with Gasteiger partial charge in [-0.25, -0.2) is 19.9 Å². The lowest BCUT2D eigenvalue weighted by Gasteiger charge is -2.03. The summed E-state index contributed by atoms with van der Waals surface area (Å²) < 4.78 is 4.06. The minimum atomic E-state index is 0.611. The molecule has 0 bridgehead atoms. The van der Waals surface area contributed by atoms with E-state index in [1.54, 1.807) is 29.4 Å². The number of anilines is 1. The molecule has 8 heteroatoms. The Hall–Kier alpha value is -2.19. The maximum atomic E-state index is 4.63. The number of pyridine rings is 1. The average molecular weight is 342 g/mol. The lowest BCUT2D eigenvalue weighted by atomic mass is 10.4. The summed E-state index contributed by atoms with van der Waals surface area (Å²) in [6, 6.07) is 6.10. The molecule has 0 atom stereocenters. The van der Waals surface area contributed by atoms with E-state index >= 15 is 0 Å². The van der Waals surface area contributed by atoms with Crippen molar-refractivity contribution in [3.63, 3.8) is 0 Å². The molecule has 1 N–H and O–H groups in total. The van der Waals surface area contributed by atoms with Crippen LogP contribution in [0.5, 0.6) is 0 Å². The van der Waals surface area contributed by atoms with Gasteiger partial charge in [0.25, 0.3) is 0 Å². The third-order valence-corrected chi connectivity index (χ3v) is 5.57. The molecule has 0 saturated carbocycles. The lowest BCUT2D eigenvalue weighted by Crippen LogP contribution is -2.02. The normalized spacial score (nSPS) is 11.4. The van der Waals surface area contributed by atoms with Crippen molar-refractivity contribution < 1.29 is 0 Å². The molecule has 6 nitrogen and oxygen atoms in total. The van der Waals surface area contributed by atoms with Crippen LogP contribution in [0.25, 0.3) is 16.0 Å². The van der Waals surface area contributed by atoms with Gasteiger partial charge in [0.15, 0.2) is 9.99 Å². The van der Waals surface area contributed by atoms with E-state index in [9.17, 15) is 0 Å². The fourth-order valence-electron chi connectivity index (χ4n) is 2.41. The molecule has 4 aromatic rings. The predicted molar refractivity (Wildman–Crippen MR) is 94.2 cm³/mol. The lowest BCUT2D eigenvalue weighted by molar-refractivity contribution is 1.05. The molecule has 23 heavy (non-hydrogen) atoms. The highest BCUT2D eigenvalue weighted by atomic mass is 32.2. The van der Waals surface area contributed by atoms with Crippen molar-refractivity contribution in [2.45, 2.75) is 17.8 Å². The minimum Gasteiger partial charge on any atom is -0.363 e. The van der Waals surface area contributed by atoms with Crippen LogP contribution in [-0.2, 0) is 6.54 Å². The van der Waals surface area contributed by atoms with Crippen LogP contribution in [0.4, 0.5) is 5.82 Å². The van der Waals surface area contributed by atoms with Gasteiger partial charge in [-0.3, -0.25) is 0 Å². The van der Waals surface area contributed by atoms with Crippen LogP contribution in [0, 0.1) is 6.92 Å². The predicted octanol–water partition coefficient (Wildman–Crippen LogP) is 3.38. The van der Waals surface area contributed by atoms with E-state index in [1.165, 1.54) is 0 Å². The van der Waals surface area contributed by atoms with E-state index in [0.29, 0.717) is 6.54 Å². The van der Waals surface area contributed by atoms with Crippen molar-refractivity contribution in [1.29, 1.82) is 0 Å². The molecule has 0 aromatic carbocycles. The fourth-order valence-corrected chi connectivity index (χ4v) is 3.89. The summed E-state index contributed by atoms with van der Waals surface area (Å²) in [5.41, 5.74) is 3.83. The average Bonchev–Trinajstić information content (AvgIpc) is 3.17. The maximum absolute atomic E-state index is 4.63. The molecule has 0 unspecified atom stereocenters. The number of fused-ring (bicyclic) bond motifs is 2. The first kappa shape index (κ1) is 14.4. The second-order valence-electron chi connectivity index (χ2n) is 5.04. The van der Waals surface area contributed by atoms with Gasteiger partial charge in [-0.05, 0) is 25.3 Å². The molecule has 4 aromatic heterocycles. The van der Waals surface area contributed by atoms with Gasteiger partial charge in [0, 0.05) is 11.9 Å². The first-order chi connectivity index (χ1) is 11.2. The number of imidazole rings is 1. The fraction of sp³-hybridized carbons (Fsp3) is 0.200. The summed E-state index contributed by atoms with van der Waals surface area (Å²) in [5.74, 6) is 0.807. The van der Waals surface area contributed by atoms with Crippen LogP contribution in [-0.4, -0.2) is 30.6 Å². The molecular formula is C15H14N6S2. The second-order valence-corrected chi connectivity index (χ2v) is 7.09. The van der Waals surface area contributed by atoms with Gasteiger partial charge in [0.2, 0.25) is 0 Å². The van der Waals surface area contributed by atoms with E-state index in [-0.39, 0.29) is 0 Å². The van der Waals surface area contributed by atoms with Crippen molar-refractivity contribution in [1.82, 2.24) is 24.3 Å². The van der Waals surface area contributed by atoms with Crippen LogP contribution in [0.3, 0.4) is 0 Å². The Kier molecular flexibility index (Phi) is 3.62. The summed E-state index contributed by atoms with van der Waals surface area (Å²) >= 11 is 3.22. The molecular weight excluding hydrogens is 328 g/mol. The number of nitrogens with zero attached hydrogens (tertiary/aromatic N) is 5. The molecule has 0 radical (unpaired) electrons. The van der Waals surface area contributed by atoms with Crippen LogP contribution in [0.15, 0.2) is 35.1 Å². The number of aromatic nitrogens is 5. The van der Waals surface area contributed by atoms with Gasteiger partial charge in [0.1, 0.15) is 22.5 Å². The quantitative estimate of drug-likeness (QED) is 0.574. The minimum absolute atomic E-state index is 0.611. The Morgan fingerprint density at radius 1 is 1.26 bits per heavy atom. The summed E-state index contributed by atoms with van der Waals surface area (Å²) in [6.45, 7) is 2.68. The van der Waals surface area contributed by atoms with Crippen LogP contribution in [0.1, 0.15) is 11.4 Å². The van der Waals surface area contributed by atoms with Crippen molar-refractivity contribution >= 4 is 44.9 Å². The third-order valence-electron chi connectivity index (χ3n) is 3.53. The number of hydrogen-bond donors (Lipinski definition) is 1. The van der Waals surface area contributed by atoms with Crippen LogP contribution < -0.4 is 5.32 Å². The maximum Gasteiger partial charge on any atom is 0.176 e. The summed E-state index contributed by atoms with van der Waals surface area (Å²) in [7, 11) is 0. The number of thioether (sulfide) groups is 1. The van der Waals surface area contributed by atoms with E-state index in [1.807, 2.05) is 18.4 Å². The molecule has 4 rings (SSSR count). The van der Waals surface area contributed by atoms with Crippen LogP contribution in [0.2, 0.25) is 0 Å². The molecule has 0 fully saturated rings. The van der Waals surface area contributed by atoms with Crippen molar-refractivity contribution in [3.05, 3.63) is 42.1 Å². The number of rotatable bonds is 4. The highest BCUT2D eigenvalue weighted by molar-refractivity contribution is 8.00. The molecule has 116 valence electrons. The zero-order valence-electron chi connectivity index (χ0n) is 12.6. The summed E-state index contributed by atoms with van der Waals surface area (Å²) in [5, 5.41) is 3.36. The Morgan fingerprint density at radius 2 is 2.17 bits per heavy atom. The van der Waals surface area contributed by atoms with Gasteiger partial charge in [-0.1, -0.05) is 17.8 Å². The highest BCUT2D eigenvalue weighted by Crippen LogP contribution is 2.31. The smallest absolute Gasteiger partial charge is 0.176 e. The van der Waals surface area contributed by atoms with E-state index in [0.717, 1.165) is 37.5 Å². The summed E-state index contributed by atoms with van der Waals surface area (Å²) in [6.07, 6.45) is 5.61. The van der Waals surface area contributed by atoms with Gasteiger partial charge in [0.05, 0.1) is 12.2 Å². The van der Waals surface area contributed by atoms with Gasteiger partial charge in [-0.2, -0.15) is 0 Å². The molecule has 0 aliphatic carbocycles. The van der Waals surface area contributed by atoms with Crippen molar-refractivity contribution in [3.8, 4) is 0 Å². The third kappa shape index (κ3) is 2.64. The number of thiazole rings is 1. The molecule has 0 spiro atoms. The Labute approximate surface area is 141 Å². The van der Waals surface area contributed by atoms with Gasteiger partial charge < -0.3 is 9.72 Å². The Morgan fingerprint density at radius 3 is 3.00 bits per heavy atom. The highest BCUT2D eigenvalue weighted by Gasteiger charge is 2.10. The molecule has 0 amide bonds. The zero-order chi connectivity index (χ0) is 15.8. The molecule has 4 heterocycles. The second kappa shape index (κ2) is 5.78. The molecule has 0 saturated heterocycles. The van der Waals surface area contributed by atoms with E-state index in [4.69, 9.17) is 0 Å². The van der Waals surface area contributed by atoms with Crippen molar-refractivity contribution in [2.75, 3.05) is 11.6 Å². The molecule has 0 aliphatic heterocycles. The van der Waals surface area contributed by atoms with Crippen LogP contribution >= 0.6 is 23.1 Å². The zero-order valence-corrected chi connectivity index (χ0v) is 14.3. The Bertz CT molecular complexity index is 990. The van der Waals surface area contributed by atoms with Gasteiger partial charge >= 0.3 is 0 Å². The van der Waals surface area contributed by atoms with Crippen molar-refractivity contribution in [2.24, 2.45) is 0 Å². The molecule has 0 aliphatic rings. The topological polar surface area (TPSA) is 68.0 Å². The largest absolute Gasteiger partial charge is 0.363 e.